The van der Waals surface area contributed by atoms with Gasteiger partial charge in [-0.25, -0.2) is 0 Å². The molecule has 0 radical (unpaired) electrons. The maximum absolute atomic E-state index is 11.8. The molecular formula is C17H20N2OS. The number of nitrogens with two attached hydrogens (primary N) is 1. The molecule has 0 saturated heterocycles. The monoisotopic (exact) mass is 300 g/mol. The van der Waals surface area contributed by atoms with E-state index in [1.54, 1.807) is 23.9 Å². The first-order valence-corrected chi connectivity index (χ1v) is 7.97. The van der Waals surface area contributed by atoms with E-state index in [0.717, 1.165) is 17.9 Å². The zero-order valence-corrected chi connectivity index (χ0v) is 13.0. The molecule has 2 aromatic rings. The number of hydrogen-bond acceptors (Lipinski definition) is 3. The van der Waals surface area contributed by atoms with Crippen LogP contribution in [0.25, 0.3) is 0 Å². The van der Waals surface area contributed by atoms with E-state index in [-0.39, 0.29) is 5.91 Å². The van der Waals surface area contributed by atoms with Crippen molar-refractivity contribution in [2.24, 2.45) is 0 Å². The SMILES string of the molecule is Cc1cccc(SCCCC(=O)Nc2cccc(N)c2)c1. The lowest BCUT2D eigenvalue weighted by molar-refractivity contribution is -0.116. The predicted molar refractivity (Wildman–Crippen MR) is 90.6 cm³/mol. The molecule has 0 unspecified atom stereocenters. The fourth-order valence-electron chi connectivity index (χ4n) is 1.97. The van der Waals surface area contributed by atoms with Crippen molar-refractivity contribution >= 4 is 29.0 Å². The summed E-state index contributed by atoms with van der Waals surface area (Å²) in [6.45, 7) is 2.09. The Labute approximate surface area is 129 Å². The van der Waals surface area contributed by atoms with Gasteiger partial charge >= 0.3 is 0 Å². The molecule has 110 valence electrons. The second kappa shape index (κ2) is 7.74. The van der Waals surface area contributed by atoms with Gasteiger partial charge in [0.05, 0.1) is 0 Å². The Morgan fingerprint density at radius 2 is 2.00 bits per heavy atom. The quantitative estimate of drug-likeness (QED) is 0.480. The zero-order chi connectivity index (χ0) is 15.1. The van der Waals surface area contributed by atoms with Crippen molar-refractivity contribution in [2.75, 3.05) is 16.8 Å². The molecule has 0 aliphatic rings. The number of hydrogen-bond donors (Lipinski definition) is 2. The van der Waals surface area contributed by atoms with Gasteiger partial charge in [0.1, 0.15) is 0 Å². The van der Waals surface area contributed by atoms with Gasteiger partial charge in [-0.05, 0) is 49.4 Å². The molecule has 0 aliphatic heterocycles. The van der Waals surface area contributed by atoms with Crippen LogP contribution in [-0.2, 0) is 4.79 Å². The molecule has 0 atom stereocenters. The van der Waals surface area contributed by atoms with Gasteiger partial charge in [-0.3, -0.25) is 4.79 Å². The van der Waals surface area contributed by atoms with Crippen LogP contribution in [0.2, 0.25) is 0 Å². The van der Waals surface area contributed by atoms with Crippen LogP contribution in [0.1, 0.15) is 18.4 Å². The number of aryl methyl sites for hydroxylation is 1. The summed E-state index contributed by atoms with van der Waals surface area (Å²) in [5.41, 5.74) is 8.35. The Kier molecular flexibility index (Phi) is 5.69. The third-order valence-electron chi connectivity index (χ3n) is 2.98. The maximum atomic E-state index is 11.8. The molecule has 0 aromatic heterocycles. The number of thioether (sulfide) groups is 1. The molecule has 0 bridgehead atoms. The molecular weight excluding hydrogens is 280 g/mol. The van der Waals surface area contributed by atoms with Crippen molar-refractivity contribution in [3.63, 3.8) is 0 Å². The van der Waals surface area contributed by atoms with E-state index in [0.29, 0.717) is 12.1 Å². The average molecular weight is 300 g/mol. The lowest BCUT2D eigenvalue weighted by atomic mass is 10.2. The summed E-state index contributed by atoms with van der Waals surface area (Å²) in [6, 6.07) is 15.6. The lowest BCUT2D eigenvalue weighted by Gasteiger charge is -2.06. The summed E-state index contributed by atoms with van der Waals surface area (Å²) < 4.78 is 0. The van der Waals surface area contributed by atoms with E-state index in [4.69, 9.17) is 5.73 Å². The van der Waals surface area contributed by atoms with Gasteiger partial charge in [-0.1, -0.05) is 23.8 Å². The number of carbonyl (C=O) groups is 1. The molecule has 2 aromatic carbocycles. The van der Waals surface area contributed by atoms with Crippen molar-refractivity contribution in [3.8, 4) is 0 Å². The largest absolute Gasteiger partial charge is 0.399 e. The van der Waals surface area contributed by atoms with Crippen LogP contribution in [0.5, 0.6) is 0 Å². The molecule has 0 spiro atoms. The highest BCUT2D eigenvalue weighted by Gasteiger charge is 2.03. The van der Waals surface area contributed by atoms with Crippen LogP contribution in [-0.4, -0.2) is 11.7 Å². The summed E-state index contributed by atoms with van der Waals surface area (Å²) in [5, 5.41) is 2.86. The number of amides is 1. The fraction of sp³-hybridized carbons (Fsp3) is 0.235. The van der Waals surface area contributed by atoms with Gasteiger partial charge in [0.25, 0.3) is 0 Å². The van der Waals surface area contributed by atoms with Crippen LogP contribution in [0.15, 0.2) is 53.4 Å². The molecule has 21 heavy (non-hydrogen) atoms. The minimum atomic E-state index is 0.0328. The highest BCUT2D eigenvalue weighted by atomic mass is 32.2. The van der Waals surface area contributed by atoms with E-state index >= 15 is 0 Å². The van der Waals surface area contributed by atoms with Gasteiger partial charge in [-0.15, -0.1) is 11.8 Å². The van der Waals surface area contributed by atoms with Crippen LogP contribution in [0.4, 0.5) is 11.4 Å². The van der Waals surface area contributed by atoms with Gasteiger partial charge in [0, 0.05) is 22.7 Å². The van der Waals surface area contributed by atoms with Crippen molar-refractivity contribution in [3.05, 3.63) is 54.1 Å². The van der Waals surface area contributed by atoms with Crippen LogP contribution in [0, 0.1) is 6.92 Å². The Morgan fingerprint density at radius 1 is 1.19 bits per heavy atom. The standard InChI is InChI=1S/C17H20N2OS/c1-13-5-2-8-16(11-13)21-10-4-9-17(20)19-15-7-3-6-14(18)12-15/h2-3,5-8,11-12H,4,9-10,18H2,1H3,(H,19,20). The van der Waals surface area contributed by atoms with E-state index in [1.165, 1.54) is 10.5 Å². The minimum absolute atomic E-state index is 0.0328. The van der Waals surface area contributed by atoms with Crippen molar-refractivity contribution in [2.45, 2.75) is 24.7 Å². The fourth-order valence-corrected chi connectivity index (χ4v) is 2.94. The first-order valence-electron chi connectivity index (χ1n) is 6.98. The first-order chi connectivity index (χ1) is 10.1. The van der Waals surface area contributed by atoms with Crippen LogP contribution < -0.4 is 11.1 Å². The Morgan fingerprint density at radius 3 is 2.76 bits per heavy atom. The normalized spacial score (nSPS) is 10.3. The molecule has 1 amide bonds. The van der Waals surface area contributed by atoms with Gasteiger partial charge < -0.3 is 11.1 Å². The highest BCUT2D eigenvalue weighted by molar-refractivity contribution is 7.99. The number of benzene rings is 2. The molecule has 0 aliphatic carbocycles. The smallest absolute Gasteiger partial charge is 0.224 e. The van der Waals surface area contributed by atoms with Crippen molar-refractivity contribution in [1.29, 1.82) is 0 Å². The van der Waals surface area contributed by atoms with E-state index in [2.05, 4.69) is 36.5 Å². The van der Waals surface area contributed by atoms with Gasteiger partial charge in [0.15, 0.2) is 0 Å². The third kappa shape index (κ3) is 5.52. The summed E-state index contributed by atoms with van der Waals surface area (Å²) in [6.07, 6.45) is 1.38. The second-order valence-corrected chi connectivity index (χ2v) is 6.11. The summed E-state index contributed by atoms with van der Waals surface area (Å²) in [7, 11) is 0. The summed E-state index contributed by atoms with van der Waals surface area (Å²) in [5.74, 6) is 0.971. The molecule has 0 fully saturated rings. The first kappa shape index (κ1) is 15.4. The molecule has 3 N–H and O–H groups in total. The second-order valence-electron chi connectivity index (χ2n) is 4.94. The number of rotatable bonds is 6. The summed E-state index contributed by atoms with van der Waals surface area (Å²) in [4.78, 5) is 13.1. The van der Waals surface area contributed by atoms with Gasteiger partial charge in [-0.2, -0.15) is 0 Å². The number of nitrogens with one attached hydrogen (secondary N) is 1. The number of nitrogen functional groups attached to an aromatic ring is 1. The number of carbonyl (C=O) groups excluding carboxylic acids is 1. The van der Waals surface area contributed by atoms with Crippen molar-refractivity contribution < 1.29 is 4.79 Å². The van der Waals surface area contributed by atoms with Crippen LogP contribution >= 0.6 is 11.8 Å². The molecule has 4 heteroatoms. The number of anilines is 2. The molecule has 3 nitrogen and oxygen atoms in total. The van der Waals surface area contributed by atoms with E-state index in [9.17, 15) is 4.79 Å². The van der Waals surface area contributed by atoms with Crippen molar-refractivity contribution in [1.82, 2.24) is 0 Å². The Balaban J connectivity index is 1.70. The Bertz CT molecular complexity index is 613. The topological polar surface area (TPSA) is 55.1 Å². The lowest BCUT2D eigenvalue weighted by Crippen LogP contribution is -2.11. The summed E-state index contributed by atoms with van der Waals surface area (Å²) >= 11 is 1.79. The zero-order valence-electron chi connectivity index (χ0n) is 12.1. The Hall–Kier alpha value is -1.94. The predicted octanol–water partition coefficient (Wildman–Crippen LogP) is 4.09. The van der Waals surface area contributed by atoms with E-state index in [1.807, 2.05) is 12.1 Å². The molecule has 0 heterocycles. The average Bonchev–Trinajstić information content (AvgIpc) is 2.44. The van der Waals surface area contributed by atoms with Gasteiger partial charge in [0.2, 0.25) is 5.91 Å². The third-order valence-corrected chi connectivity index (χ3v) is 4.06. The maximum Gasteiger partial charge on any atom is 0.224 e. The molecule has 2 rings (SSSR count). The highest BCUT2D eigenvalue weighted by Crippen LogP contribution is 2.20. The minimum Gasteiger partial charge on any atom is -0.399 e. The van der Waals surface area contributed by atoms with E-state index < -0.39 is 0 Å². The van der Waals surface area contributed by atoms with Crippen LogP contribution in [0.3, 0.4) is 0 Å². The molecule has 0 saturated carbocycles.